The maximum atomic E-state index is 15.2. The molecule has 0 aliphatic carbocycles. The molecule has 0 unspecified atom stereocenters. The van der Waals surface area contributed by atoms with E-state index in [2.05, 4.69) is 5.32 Å². The van der Waals surface area contributed by atoms with E-state index < -0.39 is 5.82 Å². The third-order valence-corrected chi connectivity index (χ3v) is 5.24. The van der Waals surface area contributed by atoms with Gasteiger partial charge in [-0.05, 0) is 48.2 Å². The van der Waals surface area contributed by atoms with Crippen LogP contribution in [-0.2, 0) is 13.0 Å². The second kappa shape index (κ2) is 11.2. The molecule has 0 bridgehead atoms. The van der Waals surface area contributed by atoms with Crippen LogP contribution in [-0.4, -0.2) is 33.8 Å². The van der Waals surface area contributed by atoms with E-state index in [1.165, 1.54) is 21.3 Å². The van der Waals surface area contributed by atoms with Gasteiger partial charge < -0.3 is 24.3 Å². The number of methoxy groups -OCH3 is 3. The summed E-state index contributed by atoms with van der Waals surface area (Å²) in [5, 5.41) is 2.84. The number of benzene rings is 3. The van der Waals surface area contributed by atoms with Gasteiger partial charge in [0.15, 0.2) is 28.8 Å². The van der Waals surface area contributed by atoms with Gasteiger partial charge in [0.1, 0.15) is 6.61 Å². The van der Waals surface area contributed by atoms with E-state index in [-0.39, 0.29) is 31.2 Å². The molecule has 0 atom stereocenters. The average molecular weight is 454 g/mol. The topological polar surface area (TPSA) is 66.0 Å². The number of halogens is 1. The summed E-state index contributed by atoms with van der Waals surface area (Å²) in [6.45, 7) is 2.28. The van der Waals surface area contributed by atoms with Crippen molar-refractivity contribution in [3.05, 3.63) is 82.7 Å². The monoisotopic (exact) mass is 453 g/mol. The molecule has 0 aliphatic rings. The molecule has 174 valence electrons. The molecule has 33 heavy (non-hydrogen) atoms. The van der Waals surface area contributed by atoms with E-state index in [1.54, 1.807) is 24.3 Å². The lowest BCUT2D eigenvalue weighted by molar-refractivity contribution is 0.0953. The molecule has 0 heterocycles. The molecule has 0 aliphatic heterocycles. The predicted molar refractivity (Wildman–Crippen MR) is 124 cm³/mol. The van der Waals surface area contributed by atoms with Crippen molar-refractivity contribution in [3.63, 3.8) is 0 Å². The summed E-state index contributed by atoms with van der Waals surface area (Å²) in [5.41, 5.74) is 2.55. The van der Waals surface area contributed by atoms with Gasteiger partial charge in [-0.25, -0.2) is 4.39 Å². The number of carbonyl (C=O) groups is 1. The first kappa shape index (κ1) is 23.9. The molecule has 3 rings (SSSR count). The lowest BCUT2D eigenvalue weighted by Gasteiger charge is -2.15. The van der Waals surface area contributed by atoms with Crippen LogP contribution < -0.4 is 24.3 Å². The van der Waals surface area contributed by atoms with Crippen LogP contribution in [0.4, 0.5) is 4.39 Å². The molecule has 1 N–H and O–H groups in total. The Morgan fingerprint density at radius 3 is 2.24 bits per heavy atom. The molecular weight excluding hydrogens is 425 g/mol. The van der Waals surface area contributed by atoms with Crippen LogP contribution >= 0.6 is 0 Å². The number of carbonyl (C=O) groups excluding carboxylic acids is 1. The second-order valence-corrected chi connectivity index (χ2v) is 7.37. The summed E-state index contributed by atoms with van der Waals surface area (Å²) in [5.74, 6) is 0.618. The first-order valence-corrected chi connectivity index (χ1v) is 10.5. The smallest absolute Gasteiger partial charge is 0.251 e. The van der Waals surface area contributed by atoms with Gasteiger partial charge >= 0.3 is 0 Å². The fourth-order valence-corrected chi connectivity index (χ4v) is 3.43. The molecule has 0 fully saturated rings. The Bertz CT molecular complexity index is 1100. The van der Waals surface area contributed by atoms with Crippen LogP contribution in [0.5, 0.6) is 23.0 Å². The molecular formula is C26H28FNO5. The SMILES string of the molecule is COc1cc(C)c(C(=O)NCCc2ccc(OC)c(OCc3ccccc3)c2F)cc1OC. The minimum Gasteiger partial charge on any atom is -0.493 e. The predicted octanol–water partition coefficient (Wildman–Crippen LogP) is 4.71. The summed E-state index contributed by atoms with van der Waals surface area (Å²) in [4.78, 5) is 12.7. The molecule has 6 nitrogen and oxygen atoms in total. The van der Waals surface area contributed by atoms with E-state index in [0.717, 1.165) is 11.1 Å². The highest BCUT2D eigenvalue weighted by atomic mass is 19.1. The van der Waals surface area contributed by atoms with E-state index in [1.807, 2.05) is 37.3 Å². The number of ether oxygens (including phenoxy) is 4. The molecule has 0 radical (unpaired) electrons. The molecule has 7 heteroatoms. The van der Waals surface area contributed by atoms with Gasteiger partial charge in [-0.1, -0.05) is 36.4 Å². The quantitative estimate of drug-likeness (QED) is 0.482. The molecule has 1 amide bonds. The largest absolute Gasteiger partial charge is 0.493 e. The molecule has 3 aromatic rings. The number of aryl methyl sites for hydroxylation is 1. The van der Waals surface area contributed by atoms with E-state index in [4.69, 9.17) is 18.9 Å². The first-order valence-electron chi connectivity index (χ1n) is 10.5. The van der Waals surface area contributed by atoms with Crippen molar-refractivity contribution in [2.75, 3.05) is 27.9 Å². The van der Waals surface area contributed by atoms with Gasteiger partial charge in [-0.15, -0.1) is 0 Å². The van der Waals surface area contributed by atoms with Crippen LogP contribution in [0, 0.1) is 12.7 Å². The van der Waals surface area contributed by atoms with Gasteiger partial charge in [0, 0.05) is 12.1 Å². The number of nitrogens with one attached hydrogen (secondary N) is 1. The van der Waals surface area contributed by atoms with Crippen LogP contribution in [0.25, 0.3) is 0 Å². The van der Waals surface area contributed by atoms with Gasteiger partial charge in [0.05, 0.1) is 21.3 Å². The van der Waals surface area contributed by atoms with Crippen molar-refractivity contribution in [3.8, 4) is 23.0 Å². The Balaban J connectivity index is 1.68. The summed E-state index contributed by atoms with van der Waals surface area (Å²) < 4.78 is 36.7. The van der Waals surface area contributed by atoms with Crippen molar-refractivity contribution in [1.82, 2.24) is 5.32 Å². The maximum Gasteiger partial charge on any atom is 0.251 e. The van der Waals surface area contributed by atoms with E-state index in [0.29, 0.717) is 28.4 Å². The highest BCUT2D eigenvalue weighted by Gasteiger charge is 2.18. The molecule has 0 saturated heterocycles. The highest BCUT2D eigenvalue weighted by molar-refractivity contribution is 5.96. The number of hydrogen-bond acceptors (Lipinski definition) is 5. The third kappa shape index (κ3) is 5.74. The minimum atomic E-state index is -0.498. The minimum absolute atomic E-state index is 0.0564. The van der Waals surface area contributed by atoms with Crippen molar-refractivity contribution in [1.29, 1.82) is 0 Å². The maximum absolute atomic E-state index is 15.2. The number of hydrogen-bond donors (Lipinski definition) is 1. The lowest BCUT2D eigenvalue weighted by atomic mass is 10.1. The number of amides is 1. The standard InChI is InChI=1S/C26H28FNO5/c1-17-14-22(31-3)23(32-4)15-20(17)26(29)28-13-12-19-10-11-21(30-2)25(24(19)27)33-16-18-8-6-5-7-9-18/h5-11,14-15H,12-13,16H2,1-4H3,(H,28,29). The van der Waals surface area contributed by atoms with Gasteiger partial charge in [-0.3, -0.25) is 4.79 Å². The Hall–Kier alpha value is -3.74. The average Bonchev–Trinajstić information content (AvgIpc) is 2.84. The summed E-state index contributed by atoms with van der Waals surface area (Å²) in [6, 6.07) is 16.2. The fourth-order valence-electron chi connectivity index (χ4n) is 3.43. The van der Waals surface area contributed by atoms with Crippen LogP contribution in [0.2, 0.25) is 0 Å². The van der Waals surface area contributed by atoms with Gasteiger partial charge in [-0.2, -0.15) is 0 Å². The molecule has 0 spiro atoms. The van der Waals surface area contributed by atoms with E-state index in [9.17, 15) is 4.79 Å². The lowest BCUT2D eigenvalue weighted by Crippen LogP contribution is -2.26. The van der Waals surface area contributed by atoms with Gasteiger partial charge in [0.2, 0.25) is 0 Å². The van der Waals surface area contributed by atoms with Crippen LogP contribution in [0.1, 0.15) is 27.0 Å². The molecule has 0 saturated carbocycles. The summed E-state index contributed by atoms with van der Waals surface area (Å²) >= 11 is 0. The summed E-state index contributed by atoms with van der Waals surface area (Å²) in [6.07, 6.45) is 0.287. The Labute approximate surface area is 193 Å². The Morgan fingerprint density at radius 1 is 0.909 bits per heavy atom. The zero-order valence-corrected chi connectivity index (χ0v) is 19.2. The third-order valence-electron chi connectivity index (χ3n) is 5.24. The van der Waals surface area contributed by atoms with Crippen molar-refractivity contribution in [2.24, 2.45) is 0 Å². The van der Waals surface area contributed by atoms with E-state index >= 15 is 4.39 Å². The Kier molecular flexibility index (Phi) is 8.13. The summed E-state index contributed by atoms with van der Waals surface area (Å²) in [7, 11) is 4.52. The zero-order chi connectivity index (χ0) is 23.8. The van der Waals surface area contributed by atoms with Crippen molar-refractivity contribution < 1.29 is 28.1 Å². The van der Waals surface area contributed by atoms with Crippen molar-refractivity contribution >= 4 is 5.91 Å². The van der Waals surface area contributed by atoms with Crippen LogP contribution in [0.3, 0.4) is 0 Å². The molecule has 3 aromatic carbocycles. The zero-order valence-electron chi connectivity index (χ0n) is 19.2. The second-order valence-electron chi connectivity index (χ2n) is 7.37. The Morgan fingerprint density at radius 2 is 1.58 bits per heavy atom. The highest BCUT2D eigenvalue weighted by Crippen LogP contribution is 2.33. The van der Waals surface area contributed by atoms with Gasteiger partial charge in [0.25, 0.3) is 5.91 Å². The number of rotatable bonds is 10. The molecule has 0 aromatic heterocycles. The van der Waals surface area contributed by atoms with Crippen molar-refractivity contribution in [2.45, 2.75) is 20.0 Å². The fraction of sp³-hybridized carbons (Fsp3) is 0.269. The van der Waals surface area contributed by atoms with Crippen LogP contribution in [0.15, 0.2) is 54.6 Å². The first-order chi connectivity index (χ1) is 16.0. The normalized spacial score (nSPS) is 10.5.